The number of Topliss-reactive ketones (excluding diaryl/α,β-unsaturated/α-hetero) is 1. The summed E-state index contributed by atoms with van der Waals surface area (Å²) >= 11 is 0. The molecule has 0 aliphatic carbocycles. The number of carbonyl (C=O) groups excluding carboxylic acids is 1. The summed E-state index contributed by atoms with van der Waals surface area (Å²) < 4.78 is 0. The van der Waals surface area contributed by atoms with Crippen molar-refractivity contribution >= 4 is 5.78 Å². The largest absolute Gasteiger partial charge is 0.317 e. The van der Waals surface area contributed by atoms with Gasteiger partial charge in [-0.15, -0.1) is 0 Å². The van der Waals surface area contributed by atoms with Gasteiger partial charge in [0.15, 0.2) is 0 Å². The van der Waals surface area contributed by atoms with Crippen molar-refractivity contribution in [3.05, 3.63) is 0 Å². The fraction of sp³-hybridized carbons (Fsp3) is 0.917. The van der Waals surface area contributed by atoms with Crippen molar-refractivity contribution in [1.82, 2.24) is 5.32 Å². The molecule has 0 aromatic heterocycles. The fourth-order valence-electron chi connectivity index (χ4n) is 1.98. The molecule has 14 heavy (non-hydrogen) atoms. The Morgan fingerprint density at radius 2 is 2.14 bits per heavy atom. The molecule has 0 amide bonds. The predicted octanol–water partition coefficient (Wildman–Crippen LogP) is 2.38. The third-order valence-electron chi connectivity index (χ3n) is 3.00. The highest BCUT2D eigenvalue weighted by Gasteiger charge is 2.19. The summed E-state index contributed by atoms with van der Waals surface area (Å²) in [6.07, 6.45) is 5.17. The Bertz CT molecular complexity index is 169. The standard InChI is InChI=1S/C12H23NO/c1-10(2)5-6-12(14)11-4-3-8-13-9-7-11/h10-11,13H,3-9H2,1-2H3. The second-order valence-electron chi connectivity index (χ2n) is 4.78. The second kappa shape index (κ2) is 6.18. The van der Waals surface area contributed by atoms with Crippen molar-refractivity contribution in [2.75, 3.05) is 13.1 Å². The zero-order valence-corrected chi connectivity index (χ0v) is 9.51. The number of rotatable bonds is 4. The summed E-state index contributed by atoms with van der Waals surface area (Å²) in [5.74, 6) is 1.51. The van der Waals surface area contributed by atoms with Gasteiger partial charge in [0.1, 0.15) is 5.78 Å². The van der Waals surface area contributed by atoms with Crippen LogP contribution in [0.15, 0.2) is 0 Å². The van der Waals surface area contributed by atoms with E-state index in [9.17, 15) is 4.79 Å². The van der Waals surface area contributed by atoms with Crippen LogP contribution in [0.5, 0.6) is 0 Å². The molecule has 2 heteroatoms. The Kier molecular flexibility index (Phi) is 5.16. The quantitative estimate of drug-likeness (QED) is 0.749. The van der Waals surface area contributed by atoms with Crippen molar-refractivity contribution < 1.29 is 4.79 Å². The molecule has 1 heterocycles. The first-order chi connectivity index (χ1) is 6.70. The van der Waals surface area contributed by atoms with Crippen LogP contribution in [0.1, 0.15) is 46.0 Å². The molecule has 1 rings (SSSR count). The first-order valence-electron chi connectivity index (χ1n) is 5.93. The third kappa shape index (κ3) is 4.23. The highest BCUT2D eigenvalue weighted by atomic mass is 16.1. The van der Waals surface area contributed by atoms with E-state index in [4.69, 9.17) is 0 Å². The summed E-state index contributed by atoms with van der Waals surface area (Å²) in [7, 11) is 0. The van der Waals surface area contributed by atoms with E-state index in [0.29, 0.717) is 17.6 Å². The molecule has 0 radical (unpaired) electrons. The Balaban J connectivity index is 2.27. The molecule has 1 saturated heterocycles. The van der Waals surface area contributed by atoms with E-state index in [1.54, 1.807) is 0 Å². The lowest BCUT2D eigenvalue weighted by atomic mass is 9.91. The molecule has 0 spiro atoms. The fourth-order valence-corrected chi connectivity index (χ4v) is 1.98. The van der Waals surface area contributed by atoms with Crippen molar-refractivity contribution in [2.45, 2.75) is 46.0 Å². The molecular weight excluding hydrogens is 174 g/mol. The normalized spacial score (nSPS) is 23.5. The average molecular weight is 197 g/mol. The SMILES string of the molecule is CC(C)CCC(=O)C1CCCNCC1. The monoisotopic (exact) mass is 197 g/mol. The molecule has 0 bridgehead atoms. The van der Waals surface area contributed by atoms with Gasteiger partial charge in [-0.1, -0.05) is 13.8 Å². The first-order valence-corrected chi connectivity index (χ1v) is 5.93. The van der Waals surface area contributed by atoms with Gasteiger partial charge < -0.3 is 5.32 Å². The van der Waals surface area contributed by atoms with Crippen molar-refractivity contribution in [3.63, 3.8) is 0 Å². The van der Waals surface area contributed by atoms with Gasteiger partial charge in [0.05, 0.1) is 0 Å². The van der Waals surface area contributed by atoms with Crippen LogP contribution in [0.25, 0.3) is 0 Å². The Labute approximate surface area is 87.5 Å². The molecule has 0 aromatic carbocycles. The maximum absolute atomic E-state index is 11.8. The second-order valence-corrected chi connectivity index (χ2v) is 4.78. The van der Waals surface area contributed by atoms with E-state index >= 15 is 0 Å². The lowest BCUT2D eigenvalue weighted by Gasteiger charge is -2.12. The number of carbonyl (C=O) groups is 1. The van der Waals surface area contributed by atoms with E-state index in [0.717, 1.165) is 45.2 Å². The van der Waals surface area contributed by atoms with Crippen LogP contribution in [0, 0.1) is 11.8 Å². The smallest absolute Gasteiger partial charge is 0.136 e. The highest BCUT2D eigenvalue weighted by molar-refractivity contribution is 5.80. The van der Waals surface area contributed by atoms with Gasteiger partial charge in [-0.3, -0.25) is 4.79 Å². The lowest BCUT2D eigenvalue weighted by molar-refractivity contribution is -0.123. The minimum atomic E-state index is 0.351. The zero-order valence-electron chi connectivity index (χ0n) is 9.51. The number of ketones is 1. The van der Waals surface area contributed by atoms with E-state index < -0.39 is 0 Å². The van der Waals surface area contributed by atoms with Crippen molar-refractivity contribution in [2.24, 2.45) is 11.8 Å². The van der Waals surface area contributed by atoms with Gasteiger partial charge in [-0.2, -0.15) is 0 Å². The van der Waals surface area contributed by atoms with Crippen LogP contribution in [0.2, 0.25) is 0 Å². The van der Waals surface area contributed by atoms with Gasteiger partial charge in [0.2, 0.25) is 0 Å². The Morgan fingerprint density at radius 1 is 1.36 bits per heavy atom. The molecule has 1 aliphatic heterocycles. The van der Waals surface area contributed by atoms with E-state index in [1.165, 1.54) is 0 Å². The molecule has 1 unspecified atom stereocenters. The van der Waals surface area contributed by atoms with Crippen molar-refractivity contribution in [1.29, 1.82) is 0 Å². The highest BCUT2D eigenvalue weighted by Crippen LogP contribution is 2.18. The minimum absolute atomic E-state index is 0.351. The van der Waals surface area contributed by atoms with Crippen LogP contribution in [0.3, 0.4) is 0 Å². The summed E-state index contributed by atoms with van der Waals surface area (Å²) in [6, 6.07) is 0. The van der Waals surface area contributed by atoms with Crippen LogP contribution in [-0.4, -0.2) is 18.9 Å². The number of nitrogens with one attached hydrogen (secondary N) is 1. The summed E-state index contributed by atoms with van der Waals surface area (Å²) in [4.78, 5) is 11.8. The zero-order chi connectivity index (χ0) is 10.4. The Hall–Kier alpha value is -0.370. The predicted molar refractivity (Wildman–Crippen MR) is 59.3 cm³/mol. The summed E-state index contributed by atoms with van der Waals surface area (Å²) in [6.45, 7) is 6.48. The average Bonchev–Trinajstić information content (AvgIpc) is 2.42. The van der Waals surface area contributed by atoms with Gasteiger partial charge in [-0.25, -0.2) is 0 Å². The number of hydrogen-bond acceptors (Lipinski definition) is 2. The van der Waals surface area contributed by atoms with E-state index in [-0.39, 0.29) is 0 Å². The van der Waals surface area contributed by atoms with Gasteiger partial charge in [0, 0.05) is 12.3 Å². The molecule has 0 saturated carbocycles. The first kappa shape index (κ1) is 11.7. The van der Waals surface area contributed by atoms with Crippen molar-refractivity contribution in [3.8, 4) is 0 Å². The molecule has 1 fully saturated rings. The van der Waals surface area contributed by atoms with Crippen LogP contribution < -0.4 is 5.32 Å². The third-order valence-corrected chi connectivity index (χ3v) is 3.00. The Morgan fingerprint density at radius 3 is 2.86 bits per heavy atom. The maximum atomic E-state index is 11.8. The molecule has 1 N–H and O–H groups in total. The van der Waals surface area contributed by atoms with Crippen LogP contribution in [-0.2, 0) is 4.79 Å². The molecule has 1 atom stereocenters. The molecular formula is C12H23NO. The van der Waals surface area contributed by atoms with Crippen LogP contribution in [0.4, 0.5) is 0 Å². The summed E-state index contributed by atoms with van der Waals surface area (Å²) in [5.41, 5.74) is 0. The minimum Gasteiger partial charge on any atom is -0.317 e. The molecule has 0 aromatic rings. The molecule has 82 valence electrons. The van der Waals surface area contributed by atoms with Gasteiger partial charge >= 0.3 is 0 Å². The molecule has 2 nitrogen and oxygen atoms in total. The summed E-state index contributed by atoms with van der Waals surface area (Å²) in [5, 5.41) is 3.34. The van der Waals surface area contributed by atoms with Gasteiger partial charge in [-0.05, 0) is 44.7 Å². The lowest BCUT2D eigenvalue weighted by Crippen LogP contribution is -2.18. The van der Waals surface area contributed by atoms with E-state index in [2.05, 4.69) is 19.2 Å². The van der Waals surface area contributed by atoms with Gasteiger partial charge in [0.25, 0.3) is 0 Å². The van der Waals surface area contributed by atoms with E-state index in [1.807, 2.05) is 0 Å². The molecule has 1 aliphatic rings. The maximum Gasteiger partial charge on any atom is 0.136 e. The topological polar surface area (TPSA) is 29.1 Å². The number of hydrogen-bond donors (Lipinski definition) is 1. The van der Waals surface area contributed by atoms with Crippen LogP contribution >= 0.6 is 0 Å².